The van der Waals surface area contributed by atoms with Crippen LogP contribution in [0.25, 0.3) is 0 Å². The Hall–Kier alpha value is -0.800. The van der Waals surface area contributed by atoms with Crippen molar-refractivity contribution in [3.8, 4) is 0 Å². The molecule has 2 rings (SSSR count). The molecule has 0 spiro atoms. The summed E-state index contributed by atoms with van der Waals surface area (Å²) in [6, 6.07) is 1.26. The Morgan fingerprint density at radius 2 is 2.00 bits per heavy atom. The highest BCUT2D eigenvalue weighted by Crippen LogP contribution is 2.29. The van der Waals surface area contributed by atoms with E-state index in [0.717, 1.165) is 32.5 Å². The van der Waals surface area contributed by atoms with Gasteiger partial charge in [-0.3, -0.25) is 0 Å². The van der Waals surface area contributed by atoms with Crippen molar-refractivity contribution in [3.63, 3.8) is 0 Å². The van der Waals surface area contributed by atoms with E-state index in [9.17, 15) is 13.5 Å². The number of aromatic nitrogens is 1. The molecule has 21 heavy (non-hydrogen) atoms. The second-order valence-electron chi connectivity index (χ2n) is 4.86. The molecule has 0 aliphatic heterocycles. The number of nitrogens with zero attached hydrogens (tertiary/aromatic N) is 1. The zero-order valence-corrected chi connectivity index (χ0v) is 14.7. The number of thiazole rings is 1. The van der Waals surface area contributed by atoms with Crippen molar-refractivity contribution in [2.75, 3.05) is 0 Å². The molecule has 0 amide bonds. The molecule has 0 fully saturated rings. The van der Waals surface area contributed by atoms with Crippen LogP contribution < -0.4 is 4.72 Å². The highest BCUT2D eigenvalue weighted by molar-refractivity contribution is 7.91. The summed E-state index contributed by atoms with van der Waals surface area (Å²) < 4.78 is 27.7. The van der Waals surface area contributed by atoms with Crippen molar-refractivity contribution in [1.29, 1.82) is 0 Å². The Morgan fingerprint density at radius 3 is 2.48 bits per heavy atom. The van der Waals surface area contributed by atoms with Gasteiger partial charge in [-0.25, -0.2) is 18.1 Å². The number of rotatable bonds is 5. The first-order valence-electron chi connectivity index (χ1n) is 6.41. The van der Waals surface area contributed by atoms with Gasteiger partial charge in [0.25, 0.3) is 10.0 Å². The summed E-state index contributed by atoms with van der Waals surface area (Å²) in [6.45, 7) is 7.24. The third-order valence-electron chi connectivity index (χ3n) is 3.07. The maximum absolute atomic E-state index is 12.4. The van der Waals surface area contributed by atoms with Crippen LogP contribution in [0.15, 0.2) is 10.3 Å². The first-order valence-corrected chi connectivity index (χ1v) is 9.52. The summed E-state index contributed by atoms with van der Waals surface area (Å²) in [4.78, 5) is 5.92. The van der Waals surface area contributed by atoms with Gasteiger partial charge >= 0.3 is 0 Å². The van der Waals surface area contributed by atoms with Gasteiger partial charge in [0.15, 0.2) is 0 Å². The van der Waals surface area contributed by atoms with Gasteiger partial charge in [0.2, 0.25) is 0 Å². The van der Waals surface area contributed by atoms with Gasteiger partial charge in [0, 0.05) is 9.75 Å². The summed E-state index contributed by atoms with van der Waals surface area (Å²) in [6.07, 6.45) is 0. The van der Waals surface area contributed by atoms with Crippen molar-refractivity contribution >= 4 is 32.7 Å². The monoisotopic (exact) mass is 346 g/mol. The van der Waals surface area contributed by atoms with Gasteiger partial charge in [0.1, 0.15) is 4.21 Å². The molecule has 0 aliphatic rings. The molecule has 2 aromatic rings. The maximum Gasteiger partial charge on any atom is 0.250 e. The molecule has 0 aliphatic carbocycles. The molecule has 1 unspecified atom stereocenters. The molecule has 2 aromatic heterocycles. The van der Waals surface area contributed by atoms with Crippen LogP contribution in [0.2, 0.25) is 0 Å². The normalized spacial score (nSPS) is 13.6. The van der Waals surface area contributed by atoms with Crippen LogP contribution in [0.1, 0.15) is 39.0 Å². The minimum absolute atomic E-state index is 0.144. The maximum atomic E-state index is 12.4. The fourth-order valence-corrected chi connectivity index (χ4v) is 5.76. The topological polar surface area (TPSA) is 79.3 Å². The number of aryl methyl sites for hydroxylation is 3. The average molecular weight is 346 g/mol. The Balaban J connectivity index is 2.26. The first-order chi connectivity index (χ1) is 9.74. The SMILES string of the molecule is Cc1nc(C)c(C(C)NS(=O)(=O)c2cc(C)c(CO)s2)s1. The molecule has 0 bridgehead atoms. The number of sulfonamides is 1. The van der Waals surface area contributed by atoms with E-state index < -0.39 is 10.0 Å². The number of nitrogens with one attached hydrogen (secondary N) is 1. The second kappa shape index (κ2) is 6.13. The lowest BCUT2D eigenvalue weighted by molar-refractivity contribution is 0.285. The largest absolute Gasteiger partial charge is 0.391 e. The predicted octanol–water partition coefficient (Wildman–Crippen LogP) is 2.66. The highest BCUT2D eigenvalue weighted by atomic mass is 32.2. The molecule has 1 atom stereocenters. The molecule has 8 heteroatoms. The van der Waals surface area contributed by atoms with E-state index in [1.54, 1.807) is 13.0 Å². The summed E-state index contributed by atoms with van der Waals surface area (Å²) >= 11 is 2.60. The van der Waals surface area contributed by atoms with Gasteiger partial charge in [-0.15, -0.1) is 22.7 Å². The van der Waals surface area contributed by atoms with Crippen LogP contribution in [0.3, 0.4) is 0 Å². The molecular formula is C13H18N2O3S3. The van der Waals surface area contributed by atoms with E-state index in [2.05, 4.69) is 9.71 Å². The van der Waals surface area contributed by atoms with E-state index in [0.29, 0.717) is 4.88 Å². The van der Waals surface area contributed by atoms with E-state index in [1.807, 2.05) is 20.8 Å². The van der Waals surface area contributed by atoms with Crippen LogP contribution >= 0.6 is 22.7 Å². The Morgan fingerprint density at radius 1 is 1.33 bits per heavy atom. The molecule has 0 aromatic carbocycles. The zero-order valence-electron chi connectivity index (χ0n) is 12.3. The van der Waals surface area contributed by atoms with Gasteiger partial charge in [0.05, 0.1) is 23.4 Å². The third-order valence-corrected chi connectivity index (χ3v) is 7.56. The lowest BCUT2D eigenvalue weighted by Crippen LogP contribution is -2.26. The summed E-state index contributed by atoms with van der Waals surface area (Å²) in [5.41, 5.74) is 1.64. The van der Waals surface area contributed by atoms with Crippen molar-refractivity contribution in [3.05, 3.63) is 32.1 Å². The number of hydrogen-bond acceptors (Lipinski definition) is 6. The molecule has 0 saturated carbocycles. The summed E-state index contributed by atoms with van der Waals surface area (Å²) in [7, 11) is -3.59. The second-order valence-corrected chi connectivity index (χ2v) is 9.17. The van der Waals surface area contributed by atoms with Gasteiger partial charge < -0.3 is 5.11 Å². The minimum atomic E-state index is -3.59. The summed E-state index contributed by atoms with van der Waals surface area (Å²) in [5.74, 6) is 0. The minimum Gasteiger partial charge on any atom is -0.391 e. The van der Waals surface area contributed by atoms with Gasteiger partial charge in [-0.2, -0.15) is 0 Å². The molecule has 0 radical (unpaired) electrons. The quantitative estimate of drug-likeness (QED) is 0.872. The van der Waals surface area contributed by atoms with Gasteiger partial charge in [-0.05, 0) is 39.3 Å². The fourth-order valence-electron chi connectivity index (χ4n) is 2.07. The lowest BCUT2D eigenvalue weighted by Gasteiger charge is -2.12. The zero-order chi connectivity index (χ0) is 15.8. The van der Waals surface area contributed by atoms with Crippen molar-refractivity contribution in [1.82, 2.24) is 9.71 Å². The molecule has 5 nitrogen and oxygen atoms in total. The number of hydrogen-bond donors (Lipinski definition) is 2. The van der Waals surface area contributed by atoms with E-state index in [4.69, 9.17) is 0 Å². The van der Waals surface area contributed by atoms with Crippen molar-refractivity contribution in [2.24, 2.45) is 0 Å². The Kier molecular flexibility index (Phi) is 4.84. The Bertz CT molecular complexity index is 747. The number of aliphatic hydroxyl groups excluding tert-OH is 1. The predicted molar refractivity (Wildman–Crippen MR) is 85.3 cm³/mol. The lowest BCUT2D eigenvalue weighted by atomic mass is 10.2. The highest BCUT2D eigenvalue weighted by Gasteiger charge is 2.23. The molecular weight excluding hydrogens is 328 g/mol. The van der Waals surface area contributed by atoms with E-state index in [-0.39, 0.29) is 16.9 Å². The van der Waals surface area contributed by atoms with Crippen LogP contribution in [-0.2, 0) is 16.6 Å². The molecule has 116 valence electrons. The average Bonchev–Trinajstić information content (AvgIpc) is 2.91. The van der Waals surface area contributed by atoms with Crippen LogP contribution in [-0.4, -0.2) is 18.5 Å². The van der Waals surface area contributed by atoms with E-state index in [1.165, 1.54) is 11.3 Å². The molecule has 2 N–H and O–H groups in total. The van der Waals surface area contributed by atoms with Crippen LogP contribution in [0.4, 0.5) is 0 Å². The number of thiophene rings is 1. The smallest absolute Gasteiger partial charge is 0.250 e. The standard InChI is InChI=1S/C13H18N2O3S3/c1-7-5-12(20-11(7)6-16)21(17,18)15-9(3)13-8(2)14-10(4)19-13/h5,9,15-16H,6H2,1-4H3. The fraction of sp³-hybridized carbons (Fsp3) is 0.462. The van der Waals surface area contributed by atoms with Gasteiger partial charge in [-0.1, -0.05) is 0 Å². The molecule has 2 heterocycles. The summed E-state index contributed by atoms with van der Waals surface area (Å²) in [5, 5.41) is 10.1. The van der Waals surface area contributed by atoms with Crippen LogP contribution in [0.5, 0.6) is 0 Å². The number of aliphatic hydroxyl groups is 1. The molecule has 0 saturated heterocycles. The van der Waals surface area contributed by atoms with Crippen molar-refractivity contribution < 1.29 is 13.5 Å². The van der Waals surface area contributed by atoms with E-state index >= 15 is 0 Å². The third kappa shape index (κ3) is 3.51. The van der Waals surface area contributed by atoms with Crippen LogP contribution in [0, 0.1) is 20.8 Å². The Labute approximate surface area is 132 Å². The first kappa shape index (κ1) is 16.6. The van der Waals surface area contributed by atoms with Crippen molar-refractivity contribution in [2.45, 2.75) is 44.6 Å².